The monoisotopic (exact) mass is 316 g/mol. The van der Waals surface area contributed by atoms with Crippen LogP contribution < -0.4 is 0 Å². The Morgan fingerprint density at radius 3 is 1.05 bits per heavy atom. The maximum atomic E-state index is 5.99. The normalized spacial score (nSPS) is 17.7. The average molecular weight is 317 g/mol. The highest BCUT2D eigenvalue weighted by Crippen LogP contribution is 2.24. The van der Waals surface area contributed by atoms with Crippen LogP contribution in [-0.2, 0) is 9.78 Å². The third-order valence-electron chi connectivity index (χ3n) is 4.84. The van der Waals surface area contributed by atoms with E-state index >= 15 is 0 Å². The lowest BCUT2D eigenvalue weighted by atomic mass is 10.0. The second kappa shape index (κ2) is 10.6. The summed E-state index contributed by atoms with van der Waals surface area (Å²) in [4.78, 5) is 16.8. The molecular weight excluding hydrogens is 276 g/mol. The van der Waals surface area contributed by atoms with Crippen LogP contribution in [0, 0.1) is 0 Å². The van der Waals surface area contributed by atoms with Crippen LogP contribution in [0.2, 0.25) is 0 Å². The first-order chi connectivity index (χ1) is 10.3. The molecule has 0 aliphatic rings. The summed E-state index contributed by atoms with van der Waals surface area (Å²) in [6, 6.07) is 0. The van der Waals surface area contributed by atoms with Gasteiger partial charge in [0.15, 0.2) is 0 Å². The molecule has 0 rings (SSSR count). The lowest BCUT2D eigenvalue weighted by molar-refractivity contribution is -0.411. The Morgan fingerprint density at radius 1 is 0.591 bits per heavy atom. The summed E-state index contributed by atoms with van der Waals surface area (Å²) in [6.07, 6.45) is 1.88. The van der Waals surface area contributed by atoms with Gasteiger partial charge in [-0.05, 0) is 52.9 Å². The summed E-state index contributed by atoms with van der Waals surface area (Å²) >= 11 is 0. The lowest BCUT2D eigenvalue weighted by Crippen LogP contribution is -2.48. The fourth-order valence-corrected chi connectivity index (χ4v) is 2.44. The minimum Gasteiger partial charge on any atom is -0.301 e. The Hall–Kier alpha value is -0.160. The summed E-state index contributed by atoms with van der Waals surface area (Å²) in [5.41, 5.74) is -0.516. The predicted octanol–water partition coefficient (Wildman–Crippen LogP) is 3.96. The van der Waals surface area contributed by atoms with E-state index in [-0.39, 0.29) is 11.2 Å². The van der Waals surface area contributed by atoms with Gasteiger partial charge in [-0.25, -0.2) is 9.78 Å². The van der Waals surface area contributed by atoms with E-state index in [9.17, 15) is 0 Å². The van der Waals surface area contributed by atoms with Crippen LogP contribution >= 0.6 is 0 Å². The summed E-state index contributed by atoms with van der Waals surface area (Å²) in [7, 11) is 0. The van der Waals surface area contributed by atoms with E-state index in [1.165, 1.54) is 0 Å². The minimum absolute atomic E-state index is 0.258. The molecule has 0 aliphatic carbocycles. The van der Waals surface area contributed by atoms with Crippen molar-refractivity contribution in [2.24, 2.45) is 0 Å². The van der Waals surface area contributed by atoms with Gasteiger partial charge < -0.3 is 9.80 Å². The van der Waals surface area contributed by atoms with Crippen molar-refractivity contribution in [2.75, 3.05) is 39.3 Å². The van der Waals surface area contributed by atoms with Gasteiger partial charge in [-0.2, -0.15) is 0 Å². The van der Waals surface area contributed by atoms with Gasteiger partial charge in [0.1, 0.15) is 11.2 Å². The van der Waals surface area contributed by atoms with Crippen molar-refractivity contribution in [2.45, 2.75) is 79.4 Å². The topological polar surface area (TPSA) is 24.9 Å². The van der Waals surface area contributed by atoms with E-state index < -0.39 is 0 Å². The largest absolute Gasteiger partial charge is 0.301 e. The molecule has 2 atom stereocenters. The summed E-state index contributed by atoms with van der Waals surface area (Å²) in [5, 5.41) is 0. The molecule has 0 aromatic rings. The highest BCUT2D eigenvalue weighted by atomic mass is 17.2. The molecule has 0 amide bonds. The molecule has 0 fully saturated rings. The van der Waals surface area contributed by atoms with E-state index in [4.69, 9.17) is 9.78 Å². The molecule has 0 saturated heterocycles. The van der Waals surface area contributed by atoms with Crippen LogP contribution in [0.3, 0.4) is 0 Å². The van der Waals surface area contributed by atoms with E-state index in [0.717, 1.165) is 52.1 Å². The Kier molecular flexibility index (Phi) is 10.5. The van der Waals surface area contributed by atoms with E-state index in [0.29, 0.717) is 0 Å². The first-order valence-corrected chi connectivity index (χ1v) is 9.13. The summed E-state index contributed by atoms with van der Waals surface area (Å²) in [6.45, 7) is 23.4. The summed E-state index contributed by atoms with van der Waals surface area (Å²) in [5.74, 6) is 0. The molecule has 0 radical (unpaired) electrons. The molecule has 0 aromatic carbocycles. The molecular formula is C18H40N2O2. The molecule has 4 nitrogen and oxygen atoms in total. The molecule has 0 spiro atoms. The van der Waals surface area contributed by atoms with Crippen molar-refractivity contribution in [3.8, 4) is 0 Å². The Balaban J connectivity index is 4.72. The van der Waals surface area contributed by atoms with Crippen molar-refractivity contribution in [3.63, 3.8) is 0 Å². The molecule has 0 aromatic heterocycles. The zero-order valence-electron chi connectivity index (χ0n) is 16.4. The second-order valence-electron chi connectivity index (χ2n) is 6.70. The molecule has 0 N–H and O–H groups in total. The third-order valence-corrected chi connectivity index (χ3v) is 4.84. The number of nitrogens with zero attached hydrogens (tertiary/aromatic N) is 2. The van der Waals surface area contributed by atoms with E-state index in [1.807, 2.05) is 0 Å². The van der Waals surface area contributed by atoms with Crippen LogP contribution in [0.5, 0.6) is 0 Å². The van der Waals surface area contributed by atoms with Crippen molar-refractivity contribution >= 4 is 0 Å². The van der Waals surface area contributed by atoms with E-state index in [1.54, 1.807) is 0 Å². The van der Waals surface area contributed by atoms with Crippen molar-refractivity contribution < 1.29 is 9.78 Å². The molecule has 22 heavy (non-hydrogen) atoms. The van der Waals surface area contributed by atoms with Crippen LogP contribution in [0.25, 0.3) is 0 Å². The van der Waals surface area contributed by atoms with Gasteiger partial charge in [-0.3, -0.25) is 0 Å². The van der Waals surface area contributed by atoms with Gasteiger partial charge in [-0.15, -0.1) is 0 Å². The van der Waals surface area contributed by atoms with E-state index in [2.05, 4.69) is 65.2 Å². The maximum Gasteiger partial charge on any atom is 0.113 e. The Labute approximate surface area is 139 Å². The van der Waals surface area contributed by atoms with Gasteiger partial charge in [0.2, 0.25) is 0 Å². The summed E-state index contributed by atoms with van der Waals surface area (Å²) < 4.78 is 0. The van der Waals surface area contributed by atoms with Crippen molar-refractivity contribution in [1.82, 2.24) is 9.80 Å². The SMILES string of the molecule is CCN(CC)CC(C)(CC)OOC(C)(CC)CN(CC)CC. The minimum atomic E-state index is -0.258. The fourth-order valence-electron chi connectivity index (χ4n) is 2.44. The van der Waals surface area contributed by atoms with Gasteiger partial charge in [0.05, 0.1) is 0 Å². The molecule has 2 unspecified atom stereocenters. The van der Waals surface area contributed by atoms with Crippen LogP contribution in [-0.4, -0.2) is 60.3 Å². The highest BCUT2D eigenvalue weighted by molar-refractivity contribution is 4.79. The first-order valence-electron chi connectivity index (χ1n) is 9.13. The third kappa shape index (κ3) is 7.40. The average Bonchev–Trinajstić information content (AvgIpc) is 2.55. The molecule has 0 aliphatic heterocycles. The lowest BCUT2D eigenvalue weighted by Gasteiger charge is -2.38. The maximum absolute atomic E-state index is 5.99. The highest BCUT2D eigenvalue weighted by Gasteiger charge is 2.33. The Morgan fingerprint density at radius 2 is 0.864 bits per heavy atom. The molecule has 0 saturated carbocycles. The zero-order chi connectivity index (χ0) is 17.2. The molecule has 134 valence electrons. The van der Waals surface area contributed by atoms with Crippen LogP contribution in [0.15, 0.2) is 0 Å². The molecule has 0 heterocycles. The number of likely N-dealkylation sites (N-methyl/N-ethyl adjacent to an activating group) is 2. The zero-order valence-corrected chi connectivity index (χ0v) is 16.4. The number of hydrogen-bond acceptors (Lipinski definition) is 4. The fraction of sp³-hybridized carbons (Fsp3) is 1.00. The standard InChI is InChI=1S/C18H40N2O2/c1-9-17(7,15-19(11-3)12-4)21-22-18(8,10-2)16-20(13-5)14-6/h9-16H2,1-8H3. The predicted molar refractivity (Wildman–Crippen MR) is 95.1 cm³/mol. The molecule has 4 heteroatoms. The van der Waals surface area contributed by atoms with Gasteiger partial charge in [0.25, 0.3) is 0 Å². The van der Waals surface area contributed by atoms with Gasteiger partial charge in [0, 0.05) is 13.1 Å². The molecule has 0 bridgehead atoms. The smallest absolute Gasteiger partial charge is 0.113 e. The van der Waals surface area contributed by atoms with Crippen molar-refractivity contribution in [3.05, 3.63) is 0 Å². The van der Waals surface area contributed by atoms with Crippen LogP contribution in [0.1, 0.15) is 68.2 Å². The quantitative estimate of drug-likeness (QED) is 0.379. The van der Waals surface area contributed by atoms with Gasteiger partial charge in [-0.1, -0.05) is 41.5 Å². The number of rotatable bonds is 13. The van der Waals surface area contributed by atoms with Gasteiger partial charge >= 0.3 is 0 Å². The van der Waals surface area contributed by atoms with Crippen molar-refractivity contribution in [1.29, 1.82) is 0 Å². The first kappa shape index (κ1) is 21.8. The number of hydrogen-bond donors (Lipinski definition) is 0. The Bertz CT molecular complexity index is 252. The van der Waals surface area contributed by atoms with Crippen LogP contribution in [0.4, 0.5) is 0 Å². The second-order valence-corrected chi connectivity index (χ2v) is 6.70.